The molecule has 2 amide bonds. The molecule has 10 nitrogen and oxygen atoms in total. The average molecular weight is 479 g/mol. The Bertz CT molecular complexity index is 1260. The lowest BCUT2D eigenvalue weighted by molar-refractivity contribution is 0.0910. The van der Waals surface area contributed by atoms with Crippen LogP contribution in [0.5, 0.6) is 0 Å². The minimum absolute atomic E-state index is 0.0521. The van der Waals surface area contributed by atoms with Gasteiger partial charge in [0.15, 0.2) is 5.65 Å². The van der Waals surface area contributed by atoms with Crippen LogP contribution < -0.4 is 15.8 Å². The van der Waals surface area contributed by atoms with Gasteiger partial charge in [0.1, 0.15) is 5.52 Å². The summed E-state index contributed by atoms with van der Waals surface area (Å²) in [4.78, 5) is 38.0. The molecule has 1 atom stereocenters. The molecule has 0 saturated carbocycles. The first-order valence-electron chi connectivity index (χ1n) is 9.89. The van der Waals surface area contributed by atoms with Gasteiger partial charge in [-0.1, -0.05) is 20.8 Å². The van der Waals surface area contributed by atoms with Crippen LogP contribution >= 0.6 is 11.3 Å². The van der Waals surface area contributed by atoms with Crippen molar-refractivity contribution in [2.24, 2.45) is 10.6 Å². The number of hydrogen-bond donors (Lipinski definition) is 4. The van der Waals surface area contributed by atoms with E-state index in [1.165, 1.54) is 11.3 Å². The van der Waals surface area contributed by atoms with Gasteiger partial charge in [0, 0.05) is 18.8 Å². The number of nitrogens with two attached hydrogens (primary N) is 1. The first kappa shape index (κ1) is 23.8. The molecule has 0 saturated heterocycles. The summed E-state index contributed by atoms with van der Waals surface area (Å²) in [6, 6.07) is 3.29. The monoisotopic (exact) mass is 478 g/mol. The molecule has 0 bridgehead atoms. The van der Waals surface area contributed by atoms with Gasteiger partial charge < -0.3 is 15.6 Å². The van der Waals surface area contributed by atoms with Crippen LogP contribution in [0.3, 0.4) is 0 Å². The fourth-order valence-electron chi connectivity index (χ4n) is 2.67. The predicted octanol–water partition coefficient (Wildman–Crippen LogP) is 1.87. The Kier molecular flexibility index (Phi) is 6.67. The maximum absolute atomic E-state index is 12.8. The van der Waals surface area contributed by atoms with Gasteiger partial charge in [0.05, 0.1) is 33.0 Å². The molecule has 0 aliphatic carbocycles. The first-order chi connectivity index (χ1) is 14.8. The zero-order chi connectivity index (χ0) is 23.7. The Morgan fingerprint density at radius 2 is 1.97 bits per heavy atom. The maximum Gasteiger partial charge on any atom is 0.261 e. The van der Waals surface area contributed by atoms with Crippen molar-refractivity contribution in [2.75, 3.05) is 12.3 Å². The standard InChI is InChI=1S/C20H26N6O4S2/c1-11(20(2,3)4)25-18(27)12-9-23-17-16(12)26-13(10-24-17)14-5-6-15(31-14)19(28)22-7-8-32(21,29)30/h5-6,9-11H,7-8H2,1-4H3,(H,22,28)(H,23,24)(H,25,27)(H2,21,29,30). The molecular formula is C20H26N6O4S2. The largest absolute Gasteiger partial charge is 0.350 e. The third-order valence-corrected chi connectivity index (χ3v) is 6.91. The maximum atomic E-state index is 12.8. The number of primary sulfonamides is 1. The fourth-order valence-corrected chi connectivity index (χ4v) is 3.93. The Hall–Kier alpha value is -2.83. The van der Waals surface area contributed by atoms with E-state index in [1.807, 2.05) is 27.7 Å². The molecular weight excluding hydrogens is 452 g/mol. The van der Waals surface area contributed by atoms with E-state index >= 15 is 0 Å². The second-order valence-corrected chi connectivity index (χ2v) is 11.3. The summed E-state index contributed by atoms with van der Waals surface area (Å²) < 4.78 is 22.0. The number of rotatable bonds is 7. The number of fused-ring (bicyclic) bond motifs is 1. The van der Waals surface area contributed by atoms with Crippen molar-refractivity contribution in [1.29, 1.82) is 0 Å². The van der Waals surface area contributed by atoms with Crippen LogP contribution in [0.1, 0.15) is 47.7 Å². The van der Waals surface area contributed by atoms with Crippen LogP contribution in [0.4, 0.5) is 0 Å². The van der Waals surface area contributed by atoms with Crippen molar-refractivity contribution in [1.82, 2.24) is 25.6 Å². The van der Waals surface area contributed by atoms with Crippen LogP contribution in [0.25, 0.3) is 21.7 Å². The molecule has 0 aliphatic rings. The molecule has 0 aliphatic heterocycles. The molecule has 172 valence electrons. The molecule has 12 heteroatoms. The molecule has 1 unspecified atom stereocenters. The second-order valence-electron chi connectivity index (χ2n) is 8.50. The van der Waals surface area contributed by atoms with Crippen molar-refractivity contribution in [3.63, 3.8) is 0 Å². The van der Waals surface area contributed by atoms with Gasteiger partial charge in [-0.25, -0.2) is 23.5 Å². The van der Waals surface area contributed by atoms with Crippen LogP contribution in [0.2, 0.25) is 0 Å². The summed E-state index contributed by atoms with van der Waals surface area (Å²) in [6.07, 6.45) is 3.14. The number of carbonyl (C=O) groups is 2. The number of nitrogens with one attached hydrogen (secondary N) is 3. The third kappa shape index (κ3) is 5.69. The lowest BCUT2D eigenvalue weighted by atomic mass is 9.88. The highest BCUT2D eigenvalue weighted by Crippen LogP contribution is 2.28. The van der Waals surface area contributed by atoms with Crippen LogP contribution in [0, 0.1) is 5.41 Å². The summed E-state index contributed by atoms with van der Waals surface area (Å²) in [7, 11) is -3.65. The van der Waals surface area contributed by atoms with Gasteiger partial charge in [0.2, 0.25) is 10.0 Å². The van der Waals surface area contributed by atoms with Gasteiger partial charge in [-0.05, 0) is 24.5 Å². The molecule has 3 heterocycles. The topological polar surface area (TPSA) is 160 Å². The highest BCUT2D eigenvalue weighted by Gasteiger charge is 2.24. The number of carbonyl (C=O) groups excluding carboxylic acids is 2. The Morgan fingerprint density at radius 1 is 1.25 bits per heavy atom. The van der Waals surface area contributed by atoms with E-state index in [-0.39, 0.29) is 29.7 Å². The highest BCUT2D eigenvalue weighted by molar-refractivity contribution is 7.89. The Labute approximate surface area is 190 Å². The normalized spacial score (nSPS) is 13.2. The zero-order valence-corrected chi connectivity index (χ0v) is 19.9. The van der Waals surface area contributed by atoms with Crippen molar-refractivity contribution in [2.45, 2.75) is 33.7 Å². The van der Waals surface area contributed by atoms with Crippen LogP contribution in [-0.2, 0) is 10.0 Å². The molecule has 0 aromatic carbocycles. The quantitative estimate of drug-likeness (QED) is 0.405. The Balaban J connectivity index is 1.80. The van der Waals surface area contributed by atoms with Gasteiger partial charge in [-0.2, -0.15) is 0 Å². The van der Waals surface area contributed by atoms with E-state index in [1.54, 1.807) is 24.5 Å². The lowest BCUT2D eigenvalue weighted by Crippen LogP contribution is -2.41. The molecule has 0 spiro atoms. The minimum atomic E-state index is -3.65. The summed E-state index contributed by atoms with van der Waals surface area (Å²) in [5.74, 6) is -0.992. The Morgan fingerprint density at radius 3 is 2.62 bits per heavy atom. The van der Waals surface area contributed by atoms with E-state index in [9.17, 15) is 18.0 Å². The summed E-state index contributed by atoms with van der Waals surface area (Å²) in [5, 5.41) is 10.4. The number of H-pyrrole nitrogens is 1. The van der Waals surface area contributed by atoms with E-state index in [0.717, 1.165) is 0 Å². The van der Waals surface area contributed by atoms with Crippen LogP contribution in [-0.4, -0.2) is 53.5 Å². The van der Waals surface area contributed by atoms with Crippen molar-refractivity contribution in [3.8, 4) is 10.6 Å². The molecule has 3 rings (SSSR count). The van der Waals surface area contributed by atoms with Gasteiger partial charge >= 0.3 is 0 Å². The number of nitrogens with zero attached hydrogens (tertiary/aromatic N) is 2. The summed E-state index contributed by atoms with van der Waals surface area (Å²) in [5.41, 5.74) is 1.74. The molecule has 3 aromatic rings. The molecule has 0 fully saturated rings. The second kappa shape index (κ2) is 8.96. The first-order valence-corrected chi connectivity index (χ1v) is 12.4. The van der Waals surface area contributed by atoms with Crippen LogP contribution in [0.15, 0.2) is 24.5 Å². The molecule has 3 aromatic heterocycles. The smallest absolute Gasteiger partial charge is 0.261 e. The molecule has 5 N–H and O–H groups in total. The number of amides is 2. The highest BCUT2D eigenvalue weighted by atomic mass is 32.2. The number of aromatic nitrogens is 3. The summed E-state index contributed by atoms with van der Waals surface area (Å²) >= 11 is 1.19. The van der Waals surface area contributed by atoms with Gasteiger partial charge in [0.25, 0.3) is 11.8 Å². The number of sulfonamides is 1. The van der Waals surface area contributed by atoms with Crippen molar-refractivity contribution < 1.29 is 18.0 Å². The average Bonchev–Trinajstić information content (AvgIpc) is 3.33. The van der Waals surface area contributed by atoms with E-state index in [2.05, 4.69) is 25.6 Å². The van der Waals surface area contributed by atoms with Gasteiger partial charge in [-0.15, -0.1) is 11.3 Å². The number of hydrogen-bond acceptors (Lipinski definition) is 7. The number of aromatic amines is 1. The van der Waals surface area contributed by atoms with E-state index < -0.39 is 15.9 Å². The van der Waals surface area contributed by atoms with Crippen molar-refractivity contribution >= 4 is 44.3 Å². The molecule has 0 radical (unpaired) electrons. The third-order valence-electron chi connectivity index (χ3n) is 5.03. The number of thiophene rings is 1. The summed E-state index contributed by atoms with van der Waals surface area (Å²) in [6.45, 7) is 8.01. The SMILES string of the molecule is CC(NC(=O)c1c[nH]c2ncc(-c3ccc(C(=O)NCCS(N)(=O)=O)s3)nc12)C(C)(C)C. The fraction of sp³-hybridized carbons (Fsp3) is 0.400. The zero-order valence-electron chi connectivity index (χ0n) is 18.2. The van der Waals surface area contributed by atoms with Crippen molar-refractivity contribution in [3.05, 3.63) is 35.0 Å². The minimum Gasteiger partial charge on any atom is -0.350 e. The van der Waals surface area contributed by atoms with Gasteiger partial charge in [-0.3, -0.25) is 9.59 Å². The van der Waals surface area contributed by atoms with E-state index in [4.69, 9.17) is 5.14 Å². The molecule has 32 heavy (non-hydrogen) atoms. The lowest BCUT2D eigenvalue weighted by Gasteiger charge is -2.27. The predicted molar refractivity (Wildman–Crippen MR) is 124 cm³/mol. The van der Waals surface area contributed by atoms with E-state index in [0.29, 0.717) is 32.2 Å².